The summed E-state index contributed by atoms with van der Waals surface area (Å²) in [4.78, 5) is 16.6. The van der Waals surface area contributed by atoms with Gasteiger partial charge in [0.25, 0.3) is 5.91 Å². The number of methoxy groups -OCH3 is 1. The van der Waals surface area contributed by atoms with Crippen molar-refractivity contribution >= 4 is 17.4 Å². The summed E-state index contributed by atoms with van der Waals surface area (Å²) in [6.45, 7) is 3.59. The zero-order valence-corrected chi connectivity index (χ0v) is 14.4. The molecule has 0 aliphatic heterocycles. The molecule has 1 aromatic heterocycles. The topological polar surface area (TPSA) is 63.2 Å². The van der Waals surface area contributed by atoms with Crippen LogP contribution in [0.5, 0.6) is 5.75 Å². The number of ether oxygens (including phenoxy) is 1. The highest BCUT2D eigenvalue weighted by molar-refractivity contribution is 6.00. The number of terminal acetylenes is 1. The number of carbonyl (C=O) groups is 1. The Morgan fingerprint density at radius 3 is 2.84 bits per heavy atom. The second-order valence-corrected chi connectivity index (χ2v) is 5.69. The Morgan fingerprint density at radius 2 is 2.20 bits per heavy atom. The molecule has 0 fully saturated rings. The van der Waals surface area contributed by atoms with Gasteiger partial charge in [0.05, 0.1) is 24.4 Å². The third-order valence-electron chi connectivity index (χ3n) is 3.85. The fraction of sp³-hybridized carbons (Fsp3) is 0.263. The van der Waals surface area contributed by atoms with E-state index >= 15 is 0 Å². The molecule has 1 atom stereocenters. The van der Waals surface area contributed by atoms with Crippen LogP contribution in [0, 0.1) is 18.2 Å². The minimum Gasteiger partial charge on any atom is -0.497 e. The molecule has 0 radical (unpaired) electrons. The Kier molecular flexibility index (Phi) is 5.60. The summed E-state index contributed by atoms with van der Waals surface area (Å²) in [6, 6.07) is 8.22. The number of hydrogen-bond donors (Lipinski definition) is 2. The molecule has 25 heavy (non-hydrogen) atoms. The molecular formula is C19H20FN3O2. The van der Waals surface area contributed by atoms with Crippen LogP contribution in [0.1, 0.15) is 30.6 Å². The average molecular weight is 341 g/mol. The van der Waals surface area contributed by atoms with Gasteiger partial charge in [-0.3, -0.25) is 4.79 Å². The van der Waals surface area contributed by atoms with E-state index in [2.05, 4.69) is 21.5 Å². The molecule has 0 saturated carbocycles. The average Bonchev–Trinajstić information content (AvgIpc) is 2.63. The van der Waals surface area contributed by atoms with E-state index in [1.165, 1.54) is 0 Å². The second-order valence-electron chi connectivity index (χ2n) is 5.69. The maximum absolute atomic E-state index is 13.6. The summed E-state index contributed by atoms with van der Waals surface area (Å²) >= 11 is 0. The highest BCUT2D eigenvalue weighted by Crippen LogP contribution is 2.23. The summed E-state index contributed by atoms with van der Waals surface area (Å²) in [5.41, 5.74) is -0.100. The molecule has 0 unspecified atom stereocenters. The highest BCUT2D eigenvalue weighted by atomic mass is 19.1. The van der Waals surface area contributed by atoms with E-state index in [9.17, 15) is 9.18 Å². The normalized spacial score (nSPS) is 12.6. The molecule has 0 aliphatic rings. The van der Waals surface area contributed by atoms with Crippen molar-refractivity contribution in [1.82, 2.24) is 10.3 Å². The van der Waals surface area contributed by atoms with E-state index in [-0.39, 0.29) is 11.4 Å². The van der Waals surface area contributed by atoms with E-state index in [4.69, 9.17) is 11.2 Å². The zero-order valence-electron chi connectivity index (χ0n) is 14.4. The van der Waals surface area contributed by atoms with Crippen molar-refractivity contribution in [1.29, 1.82) is 0 Å². The summed E-state index contributed by atoms with van der Waals surface area (Å²) in [5, 5.41) is 5.75. The highest BCUT2D eigenvalue weighted by Gasteiger charge is 2.24. The molecule has 1 aromatic carbocycles. The zero-order chi connectivity index (χ0) is 18.4. The first-order chi connectivity index (χ1) is 11.9. The number of nitrogens with one attached hydrogen (secondary N) is 2. The second kappa shape index (κ2) is 7.67. The maximum atomic E-state index is 13.6. The number of aromatic nitrogens is 1. The molecule has 0 bridgehead atoms. The molecule has 0 spiro atoms. The molecule has 1 amide bonds. The van der Waals surface area contributed by atoms with Crippen LogP contribution in [0.2, 0.25) is 0 Å². The number of carbonyl (C=O) groups excluding carboxylic acids is 1. The number of hydrogen-bond acceptors (Lipinski definition) is 4. The summed E-state index contributed by atoms with van der Waals surface area (Å²) < 4.78 is 18.8. The number of anilines is 2. The minimum absolute atomic E-state index is 0.0674. The molecule has 2 rings (SSSR count). The van der Waals surface area contributed by atoms with Crippen LogP contribution in [0.25, 0.3) is 0 Å². The molecule has 6 heteroatoms. The fourth-order valence-corrected chi connectivity index (χ4v) is 2.09. The van der Waals surface area contributed by atoms with Crippen molar-refractivity contribution < 1.29 is 13.9 Å². The van der Waals surface area contributed by atoms with Crippen molar-refractivity contribution in [2.75, 3.05) is 12.4 Å². The van der Waals surface area contributed by atoms with Gasteiger partial charge in [-0.2, -0.15) is 0 Å². The number of benzene rings is 1. The summed E-state index contributed by atoms with van der Waals surface area (Å²) in [7, 11) is 1.56. The molecule has 1 heterocycles. The summed E-state index contributed by atoms with van der Waals surface area (Å²) in [5.74, 6) is 2.30. The van der Waals surface area contributed by atoms with Gasteiger partial charge in [-0.1, -0.05) is 18.9 Å². The molecule has 5 nitrogen and oxygen atoms in total. The van der Waals surface area contributed by atoms with Crippen molar-refractivity contribution in [2.24, 2.45) is 0 Å². The Morgan fingerprint density at radius 1 is 1.44 bits per heavy atom. The monoisotopic (exact) mass is 341 g/mol. The lowest BCUT2D eigenvalue weighted by Gasteiger charge is -2.24. The molecule has 0 aliphatic carbocycles. The third-order valence-corrected chi connectivity index (χ3v) is 3.85. The van der Waals surface area contributed by atoms with Crippen LogP contribution in [0.3, 0.4) is 0 Å². The van der Waals surface area contributed by atoms with Crippen molar-refractivity contribution in [3.05, 3.63) is 47.9 Å². The van der Waals surface area contributed by atoms with E-state index in [0.29, 0.717) is 17.9 Å². The molecule has 130 valence electrons. The largest absolute Gasteiger partial charge is 0.497 e. The maximum Gasteiger partial charge on any atom is 0.256 e. The van der Waals surface area contributed by atoms with Gasteiger partial charge in [-0.15, -0.1) is 6.42 Å². The third kappa shape index (κ3) is 4.48. The molecule has 0 saturated heterocycles. The van der Waals surface area contributed by atoms with E-state index in [1.54, 1.807) is 38.3 Å². The van der Waals surface area contributed by atoms with Crippen LogP contribution in [0.4, 0.5) is 15.9 Å². The van der Waals surface area contributed by atoms with Gasteiger partial charge >= 0.3 is 0 Å². The minimum atomic E-state index is -0.823. The first-order valence-corrected chi connectivity index (χ1v) is 7.77. The Bertz CT molecular complexity index is 817. The quantitative estimate of drug-likeness (QED) is 0.790. The molecular weight excluding hydrogens is 321 g/mol. The smallest absolute Gasteiger partial charge is 0.256 e. The standard InChI is InChI=1S/C19H20FN3O2/c1-5-19(3,6-2)23-18(24)16-10-13(20)12-21-17(16)22-14-8-7-9-15(11-14)25-4/h1,7-12H,6H2,2-4H3,(H,21,22)(H,23,24)/t19-/m1/s1. The first kappa shape index (κ1) is 18.3. The van der Waals surface area contributed by atoms with Crippen molar-refractivity contribution in [2.45, 2.75) is 25.8 Å². The van der Waals surface area contributed by atoms with Gasteiger partial charge in [0.1, 0.15) is 17.4 Å². The van der Waals surface area contributed by atoms with Crippen molar-refractivity contribution in [3.63, 3.8) is 0 Å². The van der Waals surface area contributed by atoms with Crippen LogP contribution >= 0.6 is 0 Å². The van der Waals surface area contributed by atoms with Crippen LogP contribution in [-0.4, -0.2) is 23.5 Å². The number of amides is 1. The van der Waals surface area contributed by atoms with Crippen LogP contribution in [-0.2, 0) is 0 Å². The van der Waals surface area contributed by atoms with Crippen LogP contribution in [0.15, 0.2) is 36.5 Å². The lowest BCUT2D eigenvalue weighted by Crippen LogP contribution is -2.44. The fourth-order valence-electron chi connectivity index (χ4n) is 2.09. The number of pyridine rings is 1. The lowest BCUT2D eigenvalue weighted by atomic mass is 9.99. The Hall–Kier alpha value is -3.07. The molecule has 2 N–H and O–H groups in total. The Balaban J connectivity index is 2.34. The van der Waals surface area contributed by atoms with Gasteiger partial charge in [-0.05, 0) is 31.5 Å². The number of nitrogens with zero attached hydrogens (tertiary/aromatic N) is 1. The van der Waals surface area contributed by atoms with E-state index in [0.717, 1.165) is 12.3 Å². The van der Waals surface area contributed by atoms with Crippen LogP contribution < -0.4 is 15.4 Å². The SMILES string of the molecule is C#C[C@](C)(CC)NC(=O)c1cc(F)cnc1Nc1cccc(OC)c1. The Labute approximate surface area is 146 Å². The number of halogens is 1. The first-order valence-electron chi connectivity index (χ1n) is 7.77. The predicted molar refractivity (Wildman–Crippen MR) is 95.5 cm³/mol. The van der Waals surface area contributed by atoms with Gasteiger partial charge < -0.3 is 15.4 Å². The van der Waals surface area contributed by atoms with Gasteiger partial charge in [0, 0.05) is 11.8 Å². The van der Waals surface area contributed by atoms with E-state index < -0.39 is 17.3 Å². The predicted octanol–water partition coefficient (Wildman–Crippen LogP) is 3.50. The van der Waals surface area contributed by atoms with E-state index in [1.807, 2.05) is 6.92 Å². The van der Waals surface area contributed by atoms with Gasteiger partial charge in [0.2, 0.25) is 0 Å². The summed E-state index contributed by atoms with van der Waals surface area (Å²) in [6.07, 6.45) is 7.06. The van der Waals surface area contributed by atoms with Gasteiger partial charge in [-0.25, -0.2) is 9.37 Å². The van der Waals surface area contributed by atoms with Crippen molar-refractivity contribution in [3.8, 4) is 18.1 Å². The number of rotatable bonds is 6. The lowest BCUT2D eigenvalue weighted by molar-refractivity contribution is 0.0924. The molecule has 2 aromatic rings. The van der Waals surface area contributed by atoms with Gasteiger partial charge in [0.15, 0.2) is 0 Å².